The Labute approximate surface area is 186 Å². The van der Waals surface area contributed by atoms with Gasteiger partial charge in [0.05, 0.1) is 24.3 Å². The van der Waals surface area contributed by atoms with E-state index in [0.29, 0.717) is 24.1 Å². The van der Waals surface area contributed by atoms with Crippen LogP contribution in [0.2, 0.25) is 0 Å². The quantitative estimate of drug-likeness (QED) is 0.605. The number of nitrogens with zero attached hydrogens (tertiary/aromatic N) is 6. The van der Waals surface area contributed by atoms with Gasteiger partial charge in [-0.1, -0.05) is 20.3 Å². The monoisotopic (exact) mass is 442 g/mol. The van der Waals surface area contributed by atoms with E-state index in [4.69, 9.17) is 0 Å². The van der Waals surface area contributed by atoms with Gasteiger partial charge in [0, 0.05) is 42.9 Å². The van der Waals surface area contributed by atoms with Crippen molar-refractivity contribution in [2.75, 3.05) is 11.9 Å². The number of rotatable bonds is 6. The van der Waals surface area contributed by atoms with Crippen LogP contribution < -0.4 is 4.90 Å². The summed E-state index contributed by atoms with van der Waals surface area (Å²) in [7, 11) is 1.72. The average molecular weight is 443 g/mol. The molecule has 1 aliphatic rings. The van der Waals surface area contributed by atoms with Crippen LogP contribution >= 0.6 is 0 Å². The summed E-state index contributed by atoms with van der Waals surface area (Å²) in [5.74, 6) is 0.306. The standard InChI is InChI=1S/C23H28F2N6O/c1-4-7-23(2)12-19(17(24)11-21(23)25)30(3)22-27-13-18(28-29-22)16-6-5-15(10-20(16)32)31-9-8-26-14-31/h5-6,8-10,13-14,17,19,21,32H,4,7,11-12H2,1-3H3/t17-,19-,21+,23+/m1/s1. The van der Waals surface area contributed by atoms with Crippen LogP contribution in [0.15, 0.2) is 43.1 Å². The van der Waals surface area contributed by atoms with Crippen molar-refractivity contribution in [3.8, 4) is 22.7 Å². The highest BCUT2D eigenvalue weighted by Crippen LogP contribution is 2.44. The SMILES string of the molecule is CCC[C@@]1(C)C[C@@H](N(C)c2ncc(-c3ccc(-n4ccnc4)cc3O)nn2)[C@H](F)C[C@@H]1F. The first-order valence-corrected chi connectivity index (χ1v) is 10.8. The van der Waals surface area contributed by atoms with Crippen molar-refractivity contribution >= 4 is 5.95 Å². The molecule has 0 radical (unpaired) electrons. The normalized spacial score (nSPS) is 25.6. The van der Waals surface area contributed by atoms with E-state index in [2.05, 4.69) is 20.2 Å². The van der Waals surface area contributed by atoms with Crippen molar-refractivity contribution in [2.45, 2.75) is 57.9 Å². The molecule has 9 heteroatoms. The van der Waals surface area contributed by atoms with Gasteiger partial charge in [0.1, 0.15) is 23.8 Å². The highest BCUT2D eigenvalue weighted by atomic mass is 19.1. The van der Waals surface area contributed by atoms with E-state index < -0.39 is 23.8 Å². The minimum Gasteiger partial charge on any atom is -0.507 e. The maximum atomic E-state index is 14.8. The third-order valence-electron chi connectivity index (χ3n) is 6.52. The highest BCUT2D eigenvalue weighted by molar-refractivity contribution is 5.68. The molecule has 0 saturated heterocycles. The minimum absolute atomic E-state index is 0.0360. The lowest BCUT2D eigenvalue weighted by atomic mass is 9.68. The van der Waals surface area contributed by atoms with E-state index in [1.807, 2.05) is 19.9 Å². The van der Waals surface area contributed by atoms with E-state index in [9.17, 15) is 13.9 Å². The molecular weight excluding hydrogens is 414 g/mol. The third kappa shape index (κ3) is 4.16. The van der Waals surface area contributed by atoms with Crippen LogP contribution in [0.5, 0.6) is 5.75 Å². The molecular formula is C23H28F2N6O. The fourth-order valence-electron chi connectivity index (χ4n) is 4.59. The predicted octanol–water partition coefficient (Wildman–Crippen LogP) is 4.51. The summed E-state index contributed by atoms with van der Waals surface area (Å²) >= 11 is 0. The van der Waals surface area contributed by atoms with Gasteiger partial charge in [-0.25, -0.2) is 18.7 Å². The Hall–Kier alpha value is -3.10. The molecule has 1 fully saturated rings. The van der Waals surface area contributed by atoms with Crippen molar-refractivity contribution in [1.29, 1.82) is 0 Å². The largest absolute Gasteiger partial charge is 0.507 e. The van der Waals surface area contributed by atoms with Crippen LogP contribution in [-0.4, -0.2) is 55.3 Å². The Morgan fingerprint density at radius 1 is 1.28 bits per heavy atom. The zero-order chi connectivity index (χ0) is 22.9. The molecule has 4 atom stereocenters. The van der Waals surface area contributed by atoms with Crippen LogP contribution in [0.3, 0.4) is 0 Å². The second kappa shape index (κ2) is 8.80. The van der Waals surface area contributed by atoms with Crippen molar-refractivity contribution in [3.05, 3.63) is 43.1 Å². The number of benzene rings is 1. The van der Waals surface area contributed by atoms with Gasteiger partial charge in [0.25, 0.3) is 0 Å². The number of hydrogen-bond donors (Lipinski definition) is 1. The minimum atomic E-state index is -1.30. The Bertz CT molecular complexity index is 1050. The number of phenols is 1. The first-order valence-electron chi connectivity index (χ1n) is 10.8. The molecule has 0 spiro atoms. The lowest BCUT2D eigenvalue weighted by Crippen LogP contribution is -2.52. The van der Waals surface area contributed by atoms with Crippen LogP contribution in [0.4, 0.5) is 14.7 Å². The van der Waals surface area contributed by atoms with E-state index >= 15 is 0 Å². The van der Waals surface area contributed by atoms with Crippen LogP contribution in [-0.2, 0) is 0 Å². The molecule has 0 amide bonds. The Morgan fingerprint density at radius 2 is 2.09 bits per heavy atom. The lowest BCUT2D eigenvalue weighted by Gasteiger charge is -2.45. The van der Waals surface area contributed by atoms with Crippen LogP contribution in [0.1, 0.15) is 39.5 Å². The second-order valence-electron chi connectivity index (χ2n) is 8.82. The van der Waals surface area contributed by atoms with Gasteiger partial charge in [-0.05, 0) is 25.0 Å². The van der Waals surface area contributed by atoms with Crippen molar-refractivity contribution < 1.29 is 13.9 Å². The summed E-state index contributed by atoms with van der Waals surface area (Å²) in [5, 5.41) is 18.8. The molecule has 1 saturated carbocycles. The summed E-state index contributed by atoms with van der Waals surface area (Å²) in [6.07, 6.45) is 5.94. The van der Waals surface area contributed by atoms with E-state index in [0.717, 1.165) is 12.1 Å². The molecule has 1 aromatic carbocycles. The molecule has 2 heterocycles. The predicted molar refractivity (Wildman–Crippen MR) is 118 cm³/mol. The van der Waals surface area contributed by atoms with Gasteiger partial charge >= 0.3 is 0 Å². The molecule has 3 aromatic rings. The first-order chi connectivity index (χ1) is 15.3. The summed E-state index contributed by atoms with van der Waals surface area (Å²) in [6.45, 7) is 3.91. The third-order valence-corrected chi connectivity index (χ3v) is 6.52. The zero-order valence-corrected chi connectivity index (χ0v) is 18.5. The maximum Gasteiger partial charge on any atom is 0.245 e. The molecule has 7 nitrogen and oxygen atoms in total. The molecule has 2 aromatic heterocycles. The Morgan fingerprint density at radius 3 is 2.72 bits per heavy atom. The Balaban J connectivity index is 1.53. The smallest absolute Gasteiger partial charge is 0.245 e. The van der Waals surface area contributed by atoms with Crippen LogP contribution in [0.25, 0.3) is 16.9 Å². The Kier molecular flexibility index (Phi) is 6.08. The van der Waals surface area contributed by atoms with E-state index in [1.54, 1.807) is 47.4 Å². The number of imidazole rings is 1. The molecule has 170 valence electrons. The zero-order valence-electron chi connectivity index (χ0n) is 18.5. The fraction of sp³-hybridized carbons (Fsp3) is 0.478. The summed E-state index contributed by atoms with van der Waals surface area (Å²) in [5.41, 5.74) is 1.08. The summed E-state index contributed by atoms with van der Waals surface area (Å²) in [6, 6.07) is 4.65. The number of alkyl halides is 2. The van der Waals surface area contributed by atoms with Crippen molar-refractivity contribution in [1.82, 2.24) is 24.7 Å². The number of phenolic OH excluding ortho intramolecular Hbond substituents is 1. The van der Waals surface area contributed by atoms with E-state index in [1.165, 1.54) is 6.20 Å². The molecule has 0 aliphatic heterocycles. The average Bonchev–Trinajstić information content (AvgIpc) is 3.31. The molecule has 0 bridgehead atoms. The first kappa shape index (κ1) is 22.1. The van der Waals surface area contributed by atoms with Gasteiger partial charge in [-0.2, -0.15) is 0 Å². The summed E-state index contributed by atoms with van der Waals surface area (Å²) in [4.78, 5) is 10.0. The molecule has 32 heavy (non-hydrogen) atoms. The highest BCUT2D eigenvalue weighted by Gasteiger charge is 2.46. The number of aromatic nitrogens is 5. The van der Waals surface area contributed by atoms with Gasteiger partial charge in [0.15, 0.2) is 0 Å². The van der Waals surface area contributed by atoms with Gasteiger partial charge in [0.2, 0.25) is 5.95 Å². The number of aromatic hydroxyl groups is 1. The van der Waals surface area contributed by atoms with E-state index in [-0.39, 0.29) is 18.1 Å². The van der Waals surface area contributed by atoms with Crippen LogP contribution in [0, 0.1) is 5.41 Å². The van der Waals surface area contributed by atoms with Gasteiger partial charge in [-0.3, -0.25) is 0 Å². The maximum absolute atomic E-state index is 14.8. The fourth-order valence-corrected chi connectivity index (χ4v) is 4.59. The van der Waals surface area contributed by atoms with Crippen molar-refractivity contribution in [3.63, 3.8) is 0 Å². The second-order valence-corrected chi connectivity index (χ2v) is 8.82. The van der Waals surface area contributed by atoms with Gasteiger partial charge in [-0.15, -0.1) is 10.2 Å². The number of halogens is 2. The molecule has 1 N–H and O–H groups in total. The summed E-state index contributed by atoms with van der Waals surface area (Å²) < 4.78 is 31.1. The number of anilines is 1. The van der Waals surface area contributed by atoms with Gasteiger partial charge < -0.3 is 14.6 Å². The molecule has 0 unspecified atom stereocenters. The lowest BCUT2D eigenvalue weighted by molar-refractivity contribution is 0.0105. The molecule has 1 aliphatic carbocycles. The molecule has 4 rings (SSSR count). The van der Waals surface area contributed by atoms with Crippen molar-refractivity contribution in [2.24, 2.45) is 5.41 Å². The number of hydrogen-bond acceptors (Lipinski definition) is 6. The topological polar surface area (TPSA) is 80.0 Å².